The van der Waals surface area contributed by atoms with E-state index in [1.54, 1.807) is 0 Å². The maximum absolute atomic E-state index is 12.4. The molecule has 0 unspecified atom stereocenters. The van der Waals surface area contributed by atoms with Crippen LogP contribution in [0.3, 0.4) is 0 Å². The lowest BCUT2D eigenvalue weighted by atomic mass is 9.93. The highest BCUT2D eigenvalue weighted by Gasteiger charge is 2.24. The molecule has 1 saturated heterocycles. The Kier molecular flexibility index (Phi) is 8.57. The van der Waals surface area contributed by atoms with E-state index in [0.717, 1.165) is 51.6 Å². The first-order chi connectivity index (χ1) is 11.7. The average molecular weight is 338 g/mol. The molecular formula is C19H34N2O3. The predicted octanol–water partition coefficient (Wildman–Crippen LogP) is 2.62. The molecule has 2 fully saturated rings. The predicted molar refractivity (Wildman–Crippen MR) is 94.5 cm³/mol. The Balaban J connectivity index is 1.66. The maximum Gasteiger partial charge on any atom is 0.223 e. The fourth-order valence-electron chi connectivity index (χ4n) is 4.01. The Morgan fingerprint density at radius 2 is 1.75 bits per heavy atom. The molecule has 5 nitrogen and oxygen atoms in total. The van der Waals surface area contributed by atoms with Crippen molar-refractivity contribution in [1.29, 1.82) is 0 Å². The van der Waals surface area contributed by atoms with E-state index in [1.807, 2.05) is 4.90 Å². The van der Waals surface area contributed by atoms with Crippen molar-refractivity contribution >= 4 is 11.8 Å². The summed E-state index contributed by atoms with van der Waals surface area (Å²) < 4.78 is 0. The molecule has 2 amide bonds. The number of aliphatic hydroxyl groups is 1. The van der Waals surface area contributed by atoms with Gasteiger partial charge in [-0.05, 0) is 44.4 Å². The zero-order valence-corrected chi connectivity index (χ0v) is 15.0. The number of rotatable bonds is 7. The van der Waals surface area contributed by atoms with Crippen molar-refractivity contribution in [1.82, 2.24) is 10.2 Å². The van der Waals surface area contributed by atoms with Crippen LogP contribution in [0.25, 0.3) is 0 Å². The van der Waals surface area contributed by atoms with Crippen LogP contribution in [0.1, 0.15) is 77.0 Å². The monoisotopic (exact) mass is 338 g/mol. The number of likely N-dealkylation sites (tertiary alicyclic amines) is 1. The number of aliphatic hydroxyl groups excluding tert-OH is 1. The van der Waals surface area contributed by atoms with Crippen molar-refractivity contribution in [3.05, 3.63) is 0 Å². The van der Waals surface area contributed by atoms with Gasteiger partial charge in [0.2, 0.25) is 11.8 Å². The highest BCUT2D eigenvalue weighted by Crippen LogP contribution is 2.22. The molecule has 1 aliphatic carbocycles. The summed E-state index contributed by atoms with van der Waals surface area (Å²) in [6.45, 7) is 1.84. The second-order valence-electron chi connectivity index (χ2n) is 7.47. The van der Waals surface area contributed by atoms with E-state index in [4.69, 9.17) is 5.11 Å². The van der Waals surface area contributed by atoms with E-state index in [-0.39, 0.29) is 18.4 Å². The van der Waals surface area contributed by atoms with Gasteiger partial charge < -0.3 is 15.3 Å². The van der Waals surface area contributed by atoms with Gasteiger partial charge in [0, 0.05) is 38.6 Å². The summed E-state index contributed by atoms with van der Waals surface area (Å²) in [5, 5.41) is 12.1. The number of carbonyl (C=O) groups is 2. The Morgan fingerprint density at radius 1 is 1.00 bits per heavy atom. The number of hydrogen-bond acceptors (Lipinski definition) is 3. The van der Waals surface area contributed by atoms with Crippen molar-refractivity contribution < 1.29 is 14.7 Å². The van der Waals surface area contributed by atoms with Gasteiger partial charge in [0.25, 0.3) is 0 Å². The number of carbonyl (C=O) groups excluding carboxylic acids is 2. The van der Waals surface area contributed by atoms with E-state index in [2.05, 4.69) is 5.32 Å². The van der Waals surface area contributed by atoms with Crippen LogP contribution in [-0.2, 0) is 9.59 Å². The molecular weight excluding hydrogens is 304 g/mol. The topological polar surface area (TPSA) is 69.6 Å². The van der Waals surface area contributed by atoms with E-state index in [1.165, 1.54) is 25.7 Å². The van der Waals surface area contributed by atoms with Gasteiger partial charge in [-0.25, -0.2) is 0 Å². The van der Waals surface area contributed by atoms with Gasteiger partial charge in [-0.3, -0.25) is 9.59 Å². The minimum absolute atomic E-state index is 0.0316. The first kappa shape index (κ1) is 19.2. The van der Waals surface area contributed by atoms with Gasteiger partial charge in [-0.1, -0.05) is 25.7 Å². The molecule has 0 aromatic carbocycles. The fourth-order valence-corrected chi connectivity index (χ4v) is 4.01. The fraction of sp³-hybridized carbons (Fsp3) is 0.895. The zero-order chi connectivity index (χ0) is 17.2. The smallest absolute Gasteiger partial charge is 0.223 e. The molecule has 0 spiro atoms. The van der Waals surface area contributed by atoms with Crippen LogP contribution < -0.4 is 5.32 Å². The molecule has 1 saturated carbocycles. The second-order valence-corrected chi connectivity index (χ2v) is 7.47. The highest BCUT2D eigenvalue weighted by atomic mass is 16.3. The maximum atomic E-state index is 12.4. The van der Waals surface area contributed by atoms with Crippen molar-refractivity contribution in [2.75, 3.05) is 19.7 Å². The minimum atomic E-state index is 0.0316. The van der Waals surface area contributed by atoms with Crippen LogP contribution in [0.15, 0.2) is 0 Å². The highest BCUT2D eigenvalue weighted by molar-refractivity contribution is 5.84. The quantitative estimate of drug-likeness (QED) is 0.701. The standard InChI is InChI=1S/C19H34N2O3/c22-14-6-8-16-7-5-13-21(15-16)19(24)12-11-18(23)20-17-9-3-1-2-4-10-17/h16-17,22H,1-15H2,(H,20,23)/t16-/m1/s1. The number of nitrogens with one attached hydrogen (secondary N) is 1. The molecule has 5 heteroatoms. The lowest BCUT2D eigenvalue weighted by molar-refractivity contribution is -0.135. The SMILES string of the molecule is O=C(CCC(=O)N1CCC[C@H](CCCO)C1)NC1CCCCCC1. The third-order valence-electron chi connectivity index (χ3n) is 5.43. The van der Waals surface area contributed by atoms with Crippen LogP contribution in [0, 0.1) is 5.92 Å². The number of amides is 2. The summed E-state index contributed by atoms with van der Waals surface area (Å²) in [7, 11) is 0. The largest absolute Gasteiger partial charge is 0.396 e. The minimum Gasteiger partial charge on any atom is -0.396 e. The van der Waals surface area contributed by atoms with Crippen molar-refractivity contribution in [3.8, 4) is 0 Å². The first-order valence-electron chi connectivity index (χ1n) is 9.87. The molecule has 0 aromatic rings. The number of piperidine rings is 1. The number of hydrogen-bond donors (Lipinski definition) is 2. The second kappa shape index (κ2) is 10.7. The van der Waals surface area contributed by atoms with Crippen molar-refractivity contribution in [3.63, 3.8) is 0 Å². The molecule has 1 atom stereocenters. The Morgan fingerprint density at radius 3 is 2.46 bits per heavy atom. The third-order valence-corrected chi connectivity index (χ3v) is 5.43. The summed E-state index contributed by atoms with van der Waals surface area (Å²) in [5.41, 5.74) is 0. The summed E-state index contributed by atoms with van der Waals surface area (Å²) in [5.74, 6) is 0.651. The van der Waals surface area contributed by atoms with Gasteiger partial charge in [0.15, 0.2) is 0 Å². The summed E-state index contributed by atoms with van der Waals surface area (Å²) in [4.78, 5) is 26.4. The first-order valence-corrected chi connectivity index (χ1v) is 9.87. The average Bonchev–Trinajstić information content (AvgIpc) is 2.86. The third kappa shape index (κ3) is 6.80. The molecule has 2 aliphatic rings. The molecule has 0 bridgehead atoms. The molecule has 0 radical (unpaired) electrons. The lowest BCUT2D eigenvalue weighted by Crippen LogP contribution is -2.41. The summed E-state index contributed by atoms with van der Waals surface area (Å²) in [6.07, 6.45) is 11.7. The van der Waals surface area contributed by atoms with Crippen LogP contribution in [0.5, 0.6) is 0 Å². The van der Waals surface area contributed by atoms with Crippen LogP contribution in [0.2, 0.25) is 0 Å². The molecule has 2 N–H and O–H groups in total. The molecule has 2 rings (SSSR count). The van der Waals surface area contributed by atoms with Gasteiger partial charge in [0.05, 0.1) is 0 Å². The van der Waals surface area contributed by atoms with Gasteiger partial charge in [-0.2, -0.15) is 0 Å². The summed E-state index contributed by atoms with van der Waals surface area (Å²) in [6, 6.07) is 0.313. The van der Waals surface area contributed by atoms with Crippen LogP contribution >= 0.6 is 0 Å². The molecule has 24 heavy (non-hydrogen) atoms. The normalized spacial score (nSPS) is 22.9. The molecule has 0 aromatic heterocycles. The zero-order valence-electron chi connectivity index (χ0n) is 15.0. The van der Waals surface area contributed by atoms with E-state index in [9.17, 15) is 9.59 Å². The van der Waals surface area contributed by atoms with E-state index in [0.29, 0.717) is 24.8 Å². The summed E-state index contributed by atoms with van der Waals surface area (Å²) >= 11 is 0. The lowest BCUT2D eigenvalue weighted by Gasteiger charge is -2.33. The van der Waals surface area contributed by atoms with E-state index >= 15 is 0 Å². The number of nitrogens with zero attached hydrogens (tertiary/aromatic N) is 1. The van der Waals surface area contributed by atoms with Crippen LogP contribution in [-0.4, -0.2) is 47.6 Å². The Bertz CT molecular complexity index is 392. The van der Waals surface area contributed by atoms with Crippen molar-refractivity contribution in [2.24, 2.45) is 5.92 Å². The molecule has 1 heterocycles. The molecule has 138 valence electrons. The van der Waals surface area contributed by atoms with Gasteiger partial charge >= 0.3 is 0 Å². The van der Waals surface area contributed by atoms with Gasteiger partial charge in [0.1, 0.15) is 0 Å². The van der Waals surface area contributed by atoms with Gasteiger partial charge in [-0.15, -0.1) is 0 Å². The van der Waals surface area contributed by atoms with Crippen LogP contribution in [0.4, 0.5) is 0 Å². The van der Waals surface area contributed by atoms with Crippen molar-refractivity contribution in [2.45, 2.75) is 83.1 Å². The van der Waals surface area contributed by atoms with E-state index < -0.39 is 0 Å². The molecule has 1 aliphatic heterocycles. The Labute approximate surface area is 146 Å². The Hall–Kier alpha value is -1.10.